The summed E-state index contributed by atoms with van der Waals surface area (Å²) in [5.41, 5.74) is -0.546. The van der Waals surface area contributed by atoms with Crippen LogP contribution in [0.25, 0.3) is 0 Å². The van der Waals surface area contributed by atoms with E-state index in [0.717, 1.165) is 12.1 Å². The number of ether oxygens (including phenoxy) is 1. The van der Waals surface area contributed by atoms with Crippen LogP contribution in [-0.4, -0.2) is 36.6 Å². The number of amides is 2. The second-order valence-corrected chi connectivity index (χ2v) is 6.63. The number of hydrogen-bond acceptors (Lipinski definition) is 3. The Morgan fingerprint density at radius 3 is 2.68 bits per heavy atom. The number of rotatable bonds is 5. The predicted octanol–water partition coefficient (Wildman–Crippen LogP) is 3.07. The lowest BCUT2D eigenvalue weighted by Crippen LogP contribution is -2.47. The van der Waals surface area contributed by atoms with E-state index in [2.05, 4.69) is 10.1 Å². The number of nitrogens with zero attached hydrogens (tertiary/aromatic N) is 1. The van der Waals surface area contributed by atoms with Gasteiger partial charge in [0.25, 0.3) is 0 Å². The van der Waals surface area contributed by atoms with Gasteiger partial charge in [-0.1, -0.05) is 6.07 Å². The van der Waals surface area contributed by atoms with Gasteiger partial charge >= 0.3 is 6.36 Å². The molecule has 1 fully saturated rings. The Morgan fingerprint density at radius 1 is 1.40 bits per heavy atom. The van der Waals surface area contributed by atoms with Gasteiger partial charge in [-0.25, -0.2) is 0 Å². The molecule has 0 aromatic heterocycles. The Labute approximate surface area is 148 Å². The second kappa shape index (κ2) is 7.11. The van der Waals surface area contributed by atoms with Crippen molar-refractivity contribution in [1.82, 2.24) is 5.32 Å². The van der Waals surface area contributed by atoms with Crippen LogP contribution in [0.3, 0.4) is 0 Å². The topological polar surface area (TPSA) is 58.6 Å². The van der Waals surface area contributed by atoms with Crippen LogP contribution in [-0.2, 0) is 9.59 Å². The summed E-state index contributed by atoms with van der Waals surface area (Å²) in [5, 5.41) is 2.65. The maximum Gasteiger partial charge on any atom is 0.573 e. The number of benzene rings is 1. The maximum absolute atomic E-state index is 12.5. The zero-order chi connectivity index (χ0) is 18.8. The van der Waals surface area contributed by atoms with E-state index in [4.69, 9.17) is 11.6 Å². The van der Waals surface area contributed by atoms with Crippen LogP contribution in [0.4, 0.5) is 18.9 Å². The number of carbonyl (C=O) groups excluding carboxylic acids is 2. The van der Waals surface area contributed by atoms with Gasteiger partial charge in [-0.05, 0) is 32.4 Å². The number of alkyl halides is 4. The quantitative estimate of drug-likeness (QED) is 0.801. The summed E-state index contributed by atoms with van der Waals surface area (Å²) in [4.78, 5) is 25.9. The first kappa shape index (κ1) is 19.4. The molecule has 138 valence electrons. The molecular weight excluding hydrogens is 361 g/mol. The molecule has 1 aliphatic heterocycles. The molecule has 0 spiro atoms. The van der Waals surface area contributed by atoms with Gasteiger partial charge in [-0.2, -0.15) is 0 Å². The largest absolute Gasteiger partial charge is 0.573 e. The molecule has 25 heavy (non-hydrogen) atoms. The fourth-order valence-corrected chi connectivity index (χ4v) is 2.45. The summed E-state index contributed by atoms with van der Waals surface area (Å²) in [6.07, 6.45) is -4.45. The van der Waals surface area contributed by atoms with E-state index in [1.807, 2.05) is 0 Å². The average Bonchev–Trinajstić information content (AvgIpc) is 2.87. The Kier molecular flexibility index (Phi) is 5.51. The number of hydrogen-bond donors (Lipinski definition) is 1. The molecule has 1 heterocycles. The van der Waals surface area contributed by atoms with Crippen molar-refractivity contribution in [1.29, 1.82) is 0 Å². The van der Waals surface area contributed by atoms with Crippen LogP contribution in [0.2, 0.25) is 0 Å². The molecule has 1 atom stereocenters. The summed E-state index contributed by atoms with van der Waals surface area (Å²) >= 11 is 5.74. The van der Waals surface area contributed by atoms with Gasteiger partial charge in [-0.15, -0.1) is 24.8 Å². The van der Waals surface area contributed by atoms with E-state index in [1.54, 1.807) is 13.8 Å². The highest BCUT2D eigenvalue weighted by Gasteiger charge is 2.37. The Hall–Kier alpha value is -1.96. The molecule has 0 saturated carbocycles. The minimum atomic E-state index is -4.81. The van der Waals surface area contributed by atoms with Crippen LogP contribution >= 0.6 is 11.6 Å². The van der Waals surface area contributed by atoms with Gasteiger partial charge in [0.2, 0.25) is 11.8 Å². The normalized spacial score (nSPS) is 18.4. The molecule has 5 nitrogen and oxygen atoms in total. The Morgan fingerprint density at radius 2 is 2.08 bits per heavy atom. The standard InChI is InChI=1S/C16H18ClF3N2O3/c1-15(2,9-17)14(24)21-12-6-7-22(13(12)23)10-4-3-5-11(8-10)25-16(18,19)20/h3-5,8,12H,6-7,9H2,1-2H3,(H,21,24). The van der Waals surface area contributed by atoms with Crippen LogP contribution in [0.15, 0.2) is 24.3 Å². The summed E-state index contributed by atoms with van der Waals surface area (Å²) < 4.78 is 40.8. The minimum Gasteiger partial charge on any atom is -0.406 e. The number of nitrogens with one attached hydrogen (secondary N) is 1. The maximum atomic E-state index is 12.5. The molecule has 2 amide bonds. The van der Waals surface area contributed by atoms with Gasteiger partial charge in [0.1, 0.15) is 11.8 Å². The van der Waals surface area contributed by atoms with Crippen LogP contribution < -0.4 is 15.0 Å². The van der Waals surface area contributed by atoms with Crippen molar-refractivity contribution in [2.75, 3.05) is 17.3 Å². The lowest BCUT2D eigenvalue weighted by atomic mass is 9.95. The molecule has 2 rings (SSSR count). The molecule has 1 saturated heterocycles. The van der Waals surface area contributed by atoms with E-state index >= 15 is 0 Å². The van der Waals surface area contributed by atoms with Gasteiger partial charge < -0.3 is 15.0 Å². The van der Waals surface area contributed by atoms with E-state index in [-0.39, 0.29) is 29.9 Å². The summed E-state index contributed by atoms with van der Waals surface area (Å²) in [6, 6.07) is 4.43. The third-order valence-electron chi connectivity index (χ3n) is 3.82. The van der Waals surface area contributed by atoms with Crippen molar-refractivity contribution in [3.8, 4) is 5.75 Å². The van der Waals surface area contributed by atoms with E-state index in [9.17, 15) is 22.8 Å². The van der Waals surface area contributed by atoms with Crippen molar-refractivity contribution in [2.24, 2.45) is 5.41 Å². The minimum absolute atomic E-state index is 0.0975. The third kappa shape index (κ3) is 4.78. The van der Waals surface area contributed by atoms with E-state index in [1.165, 1.54) is 17.0 Å². The summed E-state index contributed by atoms with van der Waals surface area (Å²) in [6.45, 7) is 3.59. The monoisotopic (exact) mass is 378 g/mol. The molecule has 1 unspecified atom stereocenters. The van der Waals surface area contributed by atoms with Gasteiger partial charge in [0.15, 0.2) is 0 Å². The lowest BCUT2D eigenvalue weighted by molar-refractivity contribution is -0.274. The number of carbonyl (C=O) groups is 2. The van der Waals surface area contributed by atoms with Crippen molar-refractivity contribution in [3.05, 3.63) is 24.3 Å². The van der Waals surface area contributed by atoms with Gasteiger partial charge in [0, 0.05) is 24.2 Å². The fourth-order valence-electron chi connectivity index (χ4n) is 2.33. The molecule has 1 aliphatic rings. The molecule has 1 aromatic carbocycles. The first-order valence-electron chi connectivity index (χ1n) is 7.57. The highest BCUT2D eigenvalue weighted by Crippen LogP contribution is 2.29. The zero-order valence-electron chi connectivity index (χ0n) is 13.7. The highest BCUT2D eigenvalue weighted by atomic mass is 35.5. The SMILES string of the molecule is CC(C)(CCl)C(=O)NC1CCN(c2cccc(OC(F)(F)F)c2)C1=O. The van der Waals surface area contributed by atoms with E-state index < -0.39 is 23.6 Å². The number of anilines is 1. The molecule has 9 heteroatoms. The average molecular weight is 379 g/mol. The van der Waals surface area contributed by atoms with Gasteiger partial charge in [0.05, 0.1) is 5.41 Å². The number of halogens is 4. The van der Waals surface area contributed by atoms with Crippen LogP contribution in [0, 0.1) is 5.41 Å². The molecule has 0 bridgehead atoms. The van der Waals surface area contributed by atoms with E-state index in [0.29, 0.717) is 6.42 Å². The molecule has 0 radical (unpaired) electrons. The fraction of sp³-hybridized carbons (Fsp3) is 0.500. The molecule has 1 aromatic rings. The highest BCUT2D eigenvalue weighted by molar-refractivity contribution is 6.20. The predicted molar refractivity (Wildman–Crippen MR) is 86.5 cm³/mol. The van der Waals surface area contributed by atoms with Gasteiger partial charge in [-0.3, -0.25) is 9.59 Å². The van der Waals surface area contributed by atoms with Crippen molar-refractivity contribution in [3.63, 3.8) is 0 Å². The Bertz CT molecular complexity index is 664. The molecule has 0 aliphatic carbocycles. The lowest BCUT2D eigenvalue weighted by Gasteiger charge is -2.23. The van der Waals surface area contributed by atoms with Crippen LogP contribution in [0.1, 0.15) is 20.3 Å². The van der Waals surface area contributed by atoms with Crippen molar-refractivity contribution >= 4 is 29.1 Å². The smallest absolute Gasteiger partial charge is 0.406 e. The van der Waals surface area contributed by atoms with Crippen molar-refractivity contribution < 1.29 is 27.5 Å². The summed E-state index contributed by atoms with van der Waals surface area (Å²) in [5.74, 6) is -1.05. The van der Waals surface area contributed by atoms with Crippen LogP contribution in [0.5, 0.6) is 5.75 Å². The summed E-state index contributed by atoms with van der Waals surface area (Å²) in [7, 11) is 0. The molecular formula is C16H18ClF3N2O3. The molecule has 1 N–H and O–H groups in total. The zero-order valence-corrected chi connectivity index (χ0v) is 14.4. The second-order valence-electron chi connectivity index (χ2n) is 6.37. The first-order chi connectivity index (χ1) is 11.5. The first-order valence-corrected chi connectivity index (χ1v) is 8.11. The Balaban J connectivity index is 2.09. The van der Waals surface area contributed by atoms with Crippen molar-refractivity contribution in [2.45, 2.75) is 32.7 Å². The third-order valence-corrected chi connectivity index (χ3v) is 4.49.